The van der Waals surface area contributed by atoms with Gasteiger partial charge >= 0.3 is 0 Å². The lowest BCUT2D eigenvalue weighted by atomic mass is 10.0. The van der Waals surface area contributed by atoms with Crippen LogP contribution in [-0.4, -0.2) is 29.4 Å². The van der Waals surface area contributed by atoms with Crippen LogP contribution in [0.4, 0.5) is 14.5 Å². The first-order valence-electron chi connectivity index (χ1n) is 8.82. The number of hydrogen-bond acceptors (Lipinski definition) is 5. The monoisotopic (exact) mass is 506 g/mol. The number of nitrogens with one attached hydrogen (secondary N) is 2. The molecule has 7 nitrogen and oxygen atoms in total. The van der Waals surface area contributed by atoms with E-state index in [4.69, 9.17) is 0 Å². The van der Waals surface area contributed by atoms with Gasteiger partial charge in [-0.1, -0.05) is 30.3 Å². The summed E-state index contributed by atoms with van der Waals surface area (Å²) in [6.07, 6.45) is 1.48. The third-order valence-electron chi connectivity index (χ3n) is 4.40. The Morgan fingerprint density at radius 2 is 1.87 bits per heavy atom. The van der Waals surface area contributed by atoms with Crippen molar-refractivity contribution in [1.82, 2.24) is 15.2 Å². The number of pyridine rings is 1. The van der Waals surface area contributed by atoms with Crippen LogP contribution in [0.3, 0.4) is 0 Å². The third kappa shape index (κ3) is 4.32. The van der Waals surface area contributed by atoms with Crippen LogP contribution < -0.4 is 4.72 Å². The van der Waals surface area contributed by atoms with Crippen LogP contribution >= 0.6 is 15.9 Å². The number of fused-ring (bicyclic) bond motifs is 1. The number of anilines is 1. The van der Waals surface area contributed by atoms with E-state index in [1.165, 1.54) is 6.20 Å². The summed E-state index contributed by atoms with van der Waals surface area (Å²) >= 11 is 3.24. The van der Waals surface area contributed by atoms with Crippen LogP contribution in [0.2, 0.25) is 0 Å². The molecule has 0 amide bonds. The number of benzene rings is 2. The average Bonchev–Trinajstić information content (AvgIpc) is 3.14. The standard InChI is InChI=1S/C20H13BrF2N4O3S/c21-12-8-14-17(25-26-20(14)24-9-12)19(28)13-6-7-15(22)18(16(13)23)27-31(29,30)10-11-4-2-1-3-5-11/h1-9,27H,10H2,(H,24,25,26). The average molecular weight is 507 g/mol. The number of halogens is 3. The van der Waals surface area contributed by atoms with Crippen molar-refractivity contribution < 1.29 is 22.0 Å². The Bertz CT molecular complexity index is 1410. The molecule has 0 unspecified atom stereocenters. The van der Waals surface area contributed by atoms with Crippen molar-refractivity contribution in [3.63, 3.8) is 0 Å². The second-order valence-electron chi connectivity index (χ2n) is 6.58. The molecule has 2 aromatic carbocycles. The molecule has 0 fully saturated rings. The van der Waals surface area contributed by atoms with Crippen molar-refractivity contribution in [1.29, 1.82) is 0 Å². The third-order valence-corrected chi connectivity index (χ3v) is 6.06. The fourth-order valence-electron chi connectivity index (χ4n) is 2.99. The summed E-state index contributed by atoms with van der Waals surface area (Å²) < 4.78 is 56.7. The number of rotatable bonds is 6. The molecule has 0 aliphatic rings. The molecular formula is C20H13BrF2N4O3S. The predicted octanol–water partition coefficient (Wildman–Crippen LogP) is 4.17. The summed E-state index contributed by atoms with van der Waals surface area (Å²) in [5.74, 6) is -3.80. The highest BCUT2D eigenvalue weighted by molar-refractivity contribution is 9.10. The molecule has 0 radical (unpaired) electrons. The highest BCUT2D eigenvalue weighted by Gasteiger charge is 2.25. The molecule has 0 spiro atoms. The van der Waals surface area contributed by atoms with E-state index >= 15 is 4.39 Å². The van der Waals surface area contributed by atoms with E-state index in [2.05, 4.69) is 31.1 Å². The minimum absolute atomic E-state index is 0.0626. The first-order chi connectivity index (χ1) is 14.7. The molecule has 4 aromatic rings. The molecule has 0 atom stereocenters. The highest BCUT2D eigenvalue weighted by atomic mass is 79.9. The van der Waals surface area contributed by atoms with Crippen LogP contribution in [0, 0.1) is 11.6 Å². The summed E-state index contributed by atoms with van der Waals surface area (Å²) in [6.45, 7) is 0. The first kappa shape index (κ1) is 21.1. The van der Waals surface area contributed by atoms with Crippen LogP contribution in [-0.2, 0) is 15.8 Å². The molecular weight excluding hydrogens is 494 g/mol. The lowest BCUT2D eigenvalue weighted by Gasteiger charge is -2.12. The maximum atomic E-state index is 15.1. The molecule has 2 N–H and O–H groups in total. The molecule has 11 heteroatoms. The Balaban J connectivity index is 1.70. The van der Waals surface area contributed by atoms with Crippen molar-refractivity contribution in [3.05, 3.63) is 87.7 Å². The van der Waals surface area contributed by atoms with Gasteiger partial charge in [0.1, 0.15) is 17.2 Å². The van der Waals surface area contributed by atoms with Crippen molar-refractivity contribution in [3.8, 4) is 0 Å². The maximum absolute atomic E-state index is 15.1. The van der Waals surface area contributed by atoms with Crippen LogP contribution in [0.1, 0.15) is 21.6 Å². The van der Waals surface area contributed by atoms with E-state index in [1.807, 2.05) is 4.72 Å². The lowest BCUT2D eigenvalue weighted by molar-refractivity contribution is 0.103. The summed E-state index contributed by atoms with van der Waals surface area (Å²) in [4.78, 5) is 17.0. The van der Waals surface area contributed by atoms with E-state index < -0.39 is 44.4 Å². The molecule has 2 heterocycles. The Morgan fingerprint density at radius 3 is 2.61 bits per heavy atom. The molecule has 0 bridgehead atoms. The minimum Gasteiger partial charge on any atom is -0.287 e. The molecule has 31 heavy (non-hydrogen) atoms. The molecule has 4 rings (SSSR count). The van der Waals surface area contributed by atoms with Gasteiger partial charge in [-0.3, -0.25) is 14.6 Å². The van der Waals surface area contributed by atoms with E-state index in [0.717, 1.165) is 12.1 Å². The topological polar surface area (TPSA) is 105 Å². The summed E-state index contributed by atoms with van der Waals surface area (Å²) in [7, 11) is -4.15. The van der Waals surface area contributed by atoms with Gasteiger partial charge in [0, 0.05) is 10.7 Å². The van der Waals surface area contributed by atoms with Gasteiger partial charge < -0.3 is 0 Å². The van der Waals surface area contributed by atoms with Gasteiger partial charge in [-0.25, -0.2) is 22.2 Å². The van der Waals surface area contributed by atoms with E-state index in [-0.39, 0.29) is 11.3 Å². The van der Waals surface area contributed by atoms with Crippen LogP contribution in [0.5, 0.6) is 0 Å². The van der Waals surface area contributed by atoms with Crippen molar-refractivity contribution in [2.24, 2.45) is 0 Å². The smallest absolute Gasteiger partial charge is 0.237 e. The summed E-state index contributed by atoms with van der Waals surface area (Å²) in [6, 6.07) is 11.5. The SMILES string of the molecule is O=C(c1ccc(F)c(NS(=O)(=O)Cc2ccccc2)c1F)c1[nH]nc2ncc(Br)cc12. The van der Waals surface area contributed by atoms with Gasteiger partial charge in [0.05, 0.1) is 16.7 Å². The van der Waals surface area contributed by atoms with E-state index in [0.29, 0.717) is 15.4 Å². The van der Waals surface area contributed by atoms with E-state index in [9.17, 15) is 17.6 Å². The Morgan fingerprint density at radius 1 is 1.13 bits per heavy atom. The maximum Gasteiger partial charge on any atom is 0.237 e. The van der Waals surface area contributed by atoms with Gasteiger partial charge in [-0.2, -0.15) is 5.10 Å². The number of ketones is 1. The van der Waals surface area contributed by atoms with E-state index in [1.54, 1.807) is 36.4 Å². The number of H-pyrrole nitrogens is 1. The molecule has 2 aromatic heterocycles. The largest absolute Gasteiger partial charge is 0.287 e. The summed E-state index contributed by atoms with van der Waals surface area (Å²) in [5.41, 5.74) is -0.843. The number of aromatic nitrogens is 3. The number of aromatic amines is 1. The molecule has 0 saturated heterocycles. The number of carbonyl (C=O) groups is 1. The lowest BCUT2D eigenvalue weighted by Crippen LogP contribution is -2.18. The zero-order chi connectivity index (χ0) is 22.2. The Labute approximate surface area is 183 Å². The normalized spacial score (nSPS) is 11.6. The Hall–Kier alpha value is -3.18. The van der Waals surface area contributed by atoms with Crippen LogP contribution in [0.15, 0.2) is 59.2 Å². The van der Waals surface area contributed by atoms with Gasteiger partial charge in [0.25, 0.3) is 0 Å². The summed E-state index contributed by atoms with van der Waals surface area (Å²) in [5, 5.41) is 6.72. The molecule has 0 aliphatic carbocycles. The van der Waals surface area contributed by atoms with Crippen molar-refractivity contribution in [2.75, 3.05) is 4.72 Å². The number of nitrogens with zero attached hydrogens (tertiary/aromatic N) is 2. The highest BCUT2D eigenvalue weighted by Crippen LogP contribution is 2.27. The fourth-order valence-corrected chi connectivity index (χ4v) is 4.52. The van der Waals surface area contributed by atoms with Gasteiger partial charge in [-0.15, -0.1) is 0 Å². The Kier molecular flexibility index (Phi) is 5.54. The van der Waals surface area contributed by atoms with Gasteiger partial charge in [-0.05, 0) is 39.7 Å². The number of sulfonamides is 1. The predicted molar refractivity (Wildman–Crippen MR) is 114 cm³/mol. The fraction of sp³-hybridized carbons (Fsp3) is 0.0500. The zero-order valence-electron chi connectivity index (χ0n) is 15.6. The van der Waals surface area contributed by atoms with Gasteiger partial charge in [0.15, 0.2) is 11.5 Å². The van der Waals surface area contributed by atoms with Crippen LogP contribution in [0.25, 0.3) is 11.0 Å². The first-order valence-corrected chi connectivity index (χ1v) is 11.3. The minimum atomic E-state index is -4.15. The number of hydrogen-bond donors (Lipinski definition) is 2. The zero-order valence-corrected chi connectivity index (χ0v) is 18.0. The molecule has 158 valence electrons. The second-order valence-corrected chi connectivity index (χ2v) is 9.22. The molecule has 0 saturated carbocycles. The van der Waals surface area contributed by atoms with Crippen molar-refractivity contribution >= 4 is 48.5 Å². The quantitative estimate of drug-likeness (QED) is 0.382. The van der Waals surface area contributed by atoms with Crippen molar-refractivity contribution in [2.45, 2.75) is 5.75 Å². The second kappa shape index (κ2) is 8.16. The number of carbonyl (C=O) groups excluding carboxylic acids is 1. The molecule has 0 aliphatic heterocycles. The van der Waals surface area contributed by atoms with Gasteiger partial charge in [0.2, 0.25) is 15.8 Å².